The number of pyridine rings is 1. The molecular formula is C18H19IN2O2. The van der Waals surface area contributed by atoms with Crippen LogP contribution >= 0.6 is 22.6 Å². The number of rotatable bonds is 3. The molecule has 0 amide bonds. The quantitative estimate of drug-likeness (QED) is 0.713. The maximum absolute atomic E-state index is 5.81. The highest BCUT2D eigenvalue weighted by atomic mass is 127. The summed E-state index contributed by atoms with van der Waals surface area (Å²) in [5, 5.41) is 0. The first kappa shape index (κ1) is 15.4. The zero-order valence-electron chi connectivity index (χ0n) is 12.8. The fraction of sp³-hybridized carbons (Fsp3) is 0.389. The Hall–Kier alpha value is -1.18. The van der Waals surface area contributed by atoms with E-state index in [1.807, 2.05) is 6.07 Å². The lowest BCUT2D eigenvalue weighted by molar-refractivity contribution is -0.116. The van der Waals surface area contributed by atoms with Crippen LogP contribution in [0.5, 0.6) is 0 Å². The van der Waals surface area contributed by atoms with E-state index in [-0.39, 0.29) is 12.2 Å². The summed E-state index contributed by atoms with van der Waals surface area (Å²) in [4.78, 5) is 7.20. The second-order valence-electron chi connectivity index (χ2n) is 5.98. The van der Waals surface area contributed by atoms with Crippen molar-refractivity contribution >= 4 is 28.4 Å². The molecule has 3 heterocycles. The molecule has 0 bridgehead atoms. The Labute approximate surface area is 149 Å². The van der Waals surface area contributed by atoms with E-state index in [9.17, 15) is 0 Å². The van der Waals surface area contributed by atoms with Gasteiger partial charge >= 0.3 is 0 Å². The van der Waals surface area contributed by atoms with Gasteiger partial charge < -0.3 is 14.4 Å². The number of aromatic nitrogens is 1. The summed E-state index contributed by atoms with van der Waals surface area (Å²) in [7, 11) is 0. The highest BCUT2D eigenvalue weighted by Gasteiger charge is 2.37. The molecule has 4 nitrogen and oxygen atoms in total. The predicted molar refractivity (Wildman–Crippen MR) is 97.9 cm³/mol. The van der Waals surface area contributed by atoms with Crippen molar-refractivity contribution in [3.05, 3.63) is 57.3 Å². The average Bonchev–Trinajstić information content (AvgIpc) is 3.02. The van der Waals surface area contributed by atoms with Crippen molar-refractivity contribution in [2.75, 3.05) is 31.2 Å². The van der Waals surface area contributed by atoms with Gasteiger partial charge in [-0.15, -0.1) is 0 Å². The first-order chi connectivity index (χ1) is 11.3. The van der Waals surface area contributed by atoms with Gasteiger partial charge in [-0.2, -0.15) is 0 Å². The topological polar surface area (TPSA) is 34.6 Å². The van der Waals surface area contributed by atoms with E-state index in [0.29, 0.717) is 13.2 Å². The molecule has 0 saturated carbocycles. The fourth-order valence-electron chi connectivity index (χ4n) is 3.21. The van der Waals surface area contributed by atoms with Gasteiger partial charge in [0.25, 0.3) is 0 Å². The molecule has 1 aromatic carbocycles. The van der Waals surface area contributed by atoms with Gasteiger partial charge in [0.2, 0.25) is 0 Å². The van der Waals surface area contributed by atoms with E-state index in [2.05, 4.69) is 63.9 Å². The van der Waals surface area contributed by atoms with E-state index in [4.69, 9.17) is 14.5 Å². The third-order valence-electron chi connectivity index (χ3n) is 4.40. The minimum Gasteiger partial charge on any atom is -0.371 e. The van der Waals surface area contributed by atoms with Crippen molar-refractivity contribution in [2.45, 2.75) is 18.6 Å². The molecule has 0 N–H and O–H groups in total. The normalized spacial score (nSPS) is 23.8. The highest BCUT2D eigenvalue weighted by Crippen LogP contribution is 2.26. The number of halogens is 1. The van der Waals surface area contributed by atoms with E-state index in [1.54, 1.807) is 0 Å². The van der Waals surface area contributed by atoms with Crippen LogP contribution in [0, 0.1) is 3.57 Å². The van der Waals surface area contributed by atoms with E-state index in [1.165, 1.54) is 9.13 Å². The molecule has 0 radical (unpaired) electrons. The predicted octanol–water partition coefficient (Wildman–Crippen LogP) is 2.88. The molecule has 120 valence electrons. The number of fused-ring (bicyclic) bond motifs is 1. The Kier molecular flexibility index (Phi) is 4.50. The monoisotopic (exact) mass is 422 g/mol. The molecular weight excluding hydrogens is 403 g/mol. The Morgan fingerprint density at radius 3 is 2.39 bits per heavy atom. The second-order valence-corrected chi connectivity index (χ2v) is 7.15. The maximum atomic E-state index is 5.81. The third-order valence-corrected chi connectivity index (χ3v) is 5.39. The third kappa shape index (κ3) is 3.36. The van der Waals surface area contributed by atoms with Gasteiger partial charge in [0.1, 0.15) is 18.0 Å². The molecule has 23 heavy (non-hydrogen) atoms. The zero-order chi connectivity index (χ0) is 15.6. The van der Waals surface area contributed by atoms with Gasteiger partial charge in [-0.25, -0.2) is 4.98 Å². The van der Waals surface area contributed by atoms with Gasteiger partial charge in [-0.1, -0.05) is 30.3 Å². The summed E-state index contributed by atoms with van der Waals surface area (Å²) in [6.07, 6.45) is 1.23. The van der Waals surface area contributed by atoms with Crippen LogP contribution < -0.4 is 4.90 Å². The molecule has 2 atom stereocenters. The lowest BCUT2D eigenvalue weighted by Crippen LogP contribution is -2.36. The van der Waals surface area contributed by atoms with E-state index < -0.39 is 0 Å². The molecule has 0 unspecified atom stereocenters. The van der Waals surface area contributed by atoms with Crippen molar-refractivity contribution in [2.24, 2.45) is 0 Å². The Bertz CT molecular complexity index is 666. The van der Waals surface area contributed by atoms with Gasteiger partial charge in [-0.05, 0) is 40.3 Å². The smallest absolute Gasteiger partial charge is 0.129 e. The molecule has 5 heteroatoms. The highest BCUT2D eigenvalue weighted by molar-refractivity contribution is 14.1. The summed E-state index contributed by atoms with van der Waals surface area (Å²) in [5.41, 5.74) is 2.42. The van der Waals surface area contributed by atoms with Crippen molar-refractivity contribution in [1.82, 2.24) is 4.98 Å². The molecule has 2 saturated heterocycles. The van der Waals surface area contributed by atoms with Crippen LogP contribution in [0.2, 0.25) is 0 Å². The van der Waals surface area contributed by atoms with Crippen LogP contribution in [-0.4, -0.2) is 43.5 Å². The molecule has 2 aliphatic rings. The van der Waals surface area contributed by atoms with Crippen molar-refractivity contribution < 1.29 is 9.47 Å². The largest absolute Gasteiger partial charge is 0.371 e. The maximum Gasteiger partial charge on any atom is 0.129 e. The number of nitrogens with zero attached hydrogens (tertiary/aromatic N) is 2. The molecule has 2 aromatic rings. The fourth-order valence-corrected chi connectivity index (χ4v) is 3.70. The van der Waals surface area contributed by atoms with Gasteiger partial charge in [0, 0.05) is 23.1 Å². The summed E-state index contributed by atoms with van der Waals surface area (Å²) in [6.45, 7) is 3.13. The number of hydrogen-bond donors (Lipinski definition) is 0. The molecule has 4 rings (SSSR count). The number of anilines is 1. The minimum absolute atomic E-state index is 0.183. The van der Waals surface area contributed by atoms with Crippen molar-refractivity contribution in [1.29, 1.82) is 0 Å². The first-order valence-corrected chi connectivity index (χ1v) is 9.05. The molecule has 0 aliphatic carbocycles. The number of hydrogen-bond acceptors (Lipinski definition) is 4. The Balaban J connectivity index is 1.55. The van der Waals surface area contributed by atoms with Gasteiger partial charge in [-0.3, -0.25) is 0 Å². The van der Waals surface area contributed by atoms with Crippen LogP contribution in [0.25, 0.3) is 0 Å². The van der Waals surface area contributed by atoms with E-state index >= 15 is 0 Å². The van der Waals surface area contributed by atoms with Crippen molar-refractivity contribution in [3.8, 4) is 0 Å². The van der Waals surface area contributed by atoms with Crippen LogP contribution in [0.3, 0.4) is 0 Å². The van der Waals surface area contributed by atoms with E-state index in [0.717, 1.165) is 31.0 Å². The SMILES string of the molecule is Ic1ccc(N2C[C@H]3OCCO[C@@H]3C2)nc1Cc1ccccc1. The number of benzene rings is 1. The lowest BCUT2D eigenvalue weighted by Gasteiger charge is -2.24. The summed E-state index contributed by atoms with van der Waals surface area (Å²) in [5.74, 6) is 1.03. The summed E-state index contributed by atoms with van der Waals surface area (Å²) >= 11 is 2.37. The standard InChI is InChI=1S/C18H19IN2O2/c19-14-6-7-18(20-15(14)10-13-4-2-1-3-5-13)21-11-16-17(12-21)23-9-8-22-16/h1-7,16-17H,8-12H2/t16-,17-/m1/s1. The summed E-state index contributed by atoms with van der Waals surface area (Å²) < 4.78 is 12.8. The van der Waals surface area contributed by atoms with Gasteiger partial charge in [0.05, 0.1) is 18.9 Å². The first-order valence-electron chi connectivity index (χ1n) is 7.97. The second kappa shape index (κ2) is 6.75. The molecule has 1 aromatic heterocycles. The summed E-state index contributed by atoms with van der Waals surface area (Å²) in [6, 6.07) is 14.8. The minimum atomic E-state index is 0.183. The lowest BCUT2D eigenvalue weighted by atomic mass is 10.1. The van der Waals surface area contributed by atoms with Crippen LogP contribution in [0.15, 0.2) is 42.5 Å². The zero-order valence-corrected chi connectivity index (χ0v) is 15.0. The van der Waals surface area contributed by atoms with Crippen LogP contribution in [0.1, 0.15) is 11.3 Å². The molecule has 2 fully saturated rings. The average molecular weight is 422 g/mol. The molecule has 2 aliphatic heterocycles. The van der Waals surface area contributed by atoms with Crippen LogP contribution in [0.4, 0.5) is 5.82 Å². The Morgan fingerprint density at radius 1 is 1.00 bits per heavy atom. The Morgan fingerprint density at radius 2 is 1.70 bits per heavy atom. The van der Waals surface area contributed by atoms with Crippen LogP contribution in [-0.2, 0) is 15.9 Å². The number of ether oxygens (including phenoxy) is 2. The van der Waals surface area contributed by atoms with Crippen molar-refractivity contribution in [3.63, 3.8) is 0 Å². The van der Waals surface area contributed by atoms with Gasteiger partial charge in [0.15, 0.2) is 0 Å². The molecule has 0 spiro atoms.